The van der Waals surface area contributed by atoms with E-state index < -0.39 is 5.97 Å². The monoisotopic (exact) mass is 376 g/mol. The first-order valence-corrected chi connectivity index (χ1v) is 9.16. The smallest absolute Gasteiger partial charge is 0.357 e. The Morgan fingerprint density at radius 2 is 1.79 bits per heavy atom. The molecule has 1 saturated carbocycles. The molecular formula is C22H20N2O4. The summed E-state index contributed by atoms with van der Waals surface area (Å²) in [6.45, 7) is -0.363. The maximum absolute atomic E-state index is 12.7. The van der Waals surface area contributed by atoms with Crippen molar-refractivity contribution in [2.75, 3.05) is 13.7 Å². The van der Waals surface area contributed by atoms with Crippen LogP contribution in [0.4, 0.5) is 0 Å². The molecule has 0 unspecified atom stereocenters. The van der Waals surface area contributed by atoms with Crippen molar-refractivity contribution in [1.29, 1.82) is 0 Å². The number of nitrogens with zero attached hydrogens (tertiary/aromatic N) is 2. The molecule has 0 radical (unpaired) electrons. The summed E-state index contributed by atoms with van der Waals surface area (Å²) >= 11 is 0. The number of Topliss-reactive ketones (excluding diaryl/α,β-unsaturated/α-hetero) is 1. The first-order valence-electron chi connectivity index (χ1n) is 9.16. The Kier molecular flexibility index (Phi) is 4.93. The van der Waals surface area contributed by atoms with Crippen molar-refractivity contribution in [2.45, 2.75) is 18.8 Å². The second-order valence-electron chi connectivity index (χ2n) is 6.68. The summed E-state index contributed by atoms with van der Waals surface area (Å²) in [7, 11) is 1.50. The molecule has 0 amide bonds. The van der Waals surface area contributed by atoms with E-state index in [0.29, 0.717) is 22.9 Å². The number of hydrogen-bond acceptors (Lipinski definition) is 5. The molecule has 1 heterocycles. The molecule has 0 bridgehead atoms. The summed E-state index contributed by atoms with van der Waals surface area (Å²) < 4.78 is 12.1. The fourth-order valence-electron chi connectivity index (χ4n) is 3.05. The van der Waals surface area contributed by atoms with Crippen LogP contribution in [0, 0.1) is 0 Å². The minimum atomic E-state index is -0.577. The number of hydrogen-bond donors (Lipinski definition) is 0. The Balaban J connectivity index is 1.54. The van der Waals surface area contributed by atoms with Crippen molar-refractivity contribution in [2.24, 2.45) is 0 Å². The van der Waals surface area contributed by atoms with Crippen LogP contribution >= 0.6 is 0 Å². The first-order chi connectivity index (χ1) is 13.7. The van der Waals surface area contributed by atoms with Crippen LogP contribution in [0.1, 0.15) is 45.3 Å². The highest BCUT2D eigenvalue weighted by Gasteiger charge is 2.29. The van der Waals surface area contributed by atoms with Gasteiger partial charge in [0.15, 0.2) is 12.3 Å². The lowest BCUT2D eigenvalue weighted by Gasteiger charge is -2.09. The SMILES string of the molecule is COc1ccccc1C(=O)COC(=O)c1cc(C2CC2)nn1-c1ccccc1. The van der Waals surface area contributed by atoms with Gasteiger partial charge in [-0.1, -0.05) is 30.3 Å². The van der Waals surface area contributed by atoms with Crippen molar-refractivity contribution in [3.05, 3.63) is 77.6 Å². The van der Waals surface area contributed by atoms with Crippen molar-refractivity contribution in [3.63, 3.8) is 0 Å². The van der Waals surface area contributed by atoms with Gasteiger partial charge in [0.1, 0.15) is 5.75 Å². The van der Waals surface area contributed by atoms with Crippen LogP contribution in [0.3, 0.4) is 0 Å². The predicted octanol–water partition coefficient (Wildman–Crippen LogP) is 3.80. The van der Waals surface area contributed by atoms with Gasteiger partial charge in [0.25, 0.3) is 0 Å². The van der Waals surface area contributed by atoms with E-state index in [4.69, 9.17) is 9.47 Å². The topological polar surface area (TPSA) is 70.4 Å². The minimum absolute atomic E-state index is 0.320. The summed E-state index contributed by atoms with van der Waals surface area (Å²) in [5.41, 5.74) is 2.36. The van der Waals surface area contributed by atoms with E-state index >= 15 is 0 Å². The molecule has 1 aromatic heterocycles. The maximum Gasteiger partial charge on any atom is 0.357 e. The Labute approximate surface area is 162 Å². The molecular weight excluding hydrogens is 356 g/mol. The second-order valence-corrected chi connectivity index (χ2v) is 6.68. The normalized spacial score (nSPS) is 13.2. The van der Waals surface area contributed by atoms with Crippen LogP contribution in [0.25, 0.3) is 5.69 Å². The maximum atomic E-state index is 12.7. The zero-order chi connectivity index (χ0) is 19.5. The molecule has 28 heavy (non-hydrogen) atoms. The molecule has 0 N–H and O–H groups in total. The largest absolute Gasteiger partial charge is 0.496 e. The average Bonchev–Trinajstić information content (AvgIpc) is 3.50. The standard InChI is InChI=1S/C22H20N2O4/c1-27-21-10-6-5-9-17(21)20(25)14-28-22(26)19-13-18(15-11-12-15)23-24(19)16-7-3-2-4-8-16/h2-10,13,15H,11-12,14H2,1H3. The number of ether oxygens (including phenoxy) is 2. The fraction of sp³-hybridized carbons (Fsp3) is 0.227. The van der Waals surface area contributed by atoms with E-state index in [0.717, 1.165) is 24.2 Å². The van der Waals surface area contributed by atoms with E-state index in [2.05, 4.69) is 5.10 Å². The Bertz CT molecular complexity index is 1010. The summed E-state index contributed by atoms with van der Waals surface area (Å²) in [6.07, 6.45) is 2.15. The highest BCUT2D eigenvalue weighted by Crippen LogP contribution is 2.39. The lowest BCUT2D eigenvalue weighted by atomic mass is 10.1. The van der Waals surface area contributed by atoms with Gasteiger partial charge in [0.05, 0.1) is 24.1 Å². The third-order valence-corrected chi connectivity index (χ3v) is 4.68. The van der Waals surface area contributed by atoms with Gasteiger partial charge in [-0.05, 0) is 43.2 Å². The number of aromatic nitrogens is 2. The van der Waals surface area contributed by atoms with Crippen LogP contribution in [0.15, 0.2) is 60.7 Å². The number of carbonyl (C=O) groups excluding carboxylic acids is 2. The van der Waals surface area contributed by atoms with Crippen molar-refractivity contribution in [1.82, 2.24) is 9.78 Å². The Hall–Kier alpha value is -3.41. The molecule has 142 valence electrons. The third kappa shape index (κ3) is 3.67. The molecule has 1 aliphatic carbocycles. The molecule has 0 aliphatic heterocycles. The number of ketones is 1. The second kappa shape index (κ2) is 7.68. The number of carbonyl (C=O) groups is 2. The van der Waals surface area contributed by atoms with Gasteiger partial charge in [-0.3, -0.25) is 4.79 Å². The third-order valence-electron chi connectivity index (χ3n) is 4.68. The molecule has 2 aromatic carbocycles. The van der Waals surface area contributed by atoms with Gasteiger partial charge in [-0.2, -0.15) is 5.10 Å². The van der Waals surface area contributed by atoms with E-state index in [9.17, 15) is 9.59 Å². The molecule has 4 rings (SSSR count). The minimum Gasteiger partial charge on any atom is -0.496 e. The van der Waals surface area contributed by atoms with Crippen LogP contribution in [-0.4, -0.2) is 35.2 Å². The Morgan fingerprint density at radius 3 is 2.50 bits per heavy atom. The molecule has 1 fully saturated rings. The quantitative estimate of drug-likeness (QED) is 0.463. The summed E-state index contributed by atoms with van der Waals surface area (Å²) in [5, 5.41) is 4.59. The van der Waals surface area contributed by atoms with Crippen LogP contribution in [0.5, 0.6) is 5.75 Å². The number of para-hydroxylation sites is 2. The zero-order valence-corrected chi connectivity index (χ0v) is 15.5. The van der Waals surface area contributed by atoms with Crippen LogP contribution in [0.2, 0.25) is 0 Å². The molecule has 3 aromatic rings. The van der Waals surface area contributed by atoms with Gasteiger partial charge in [-0.25, -0.2) is 9.48 Å². The molecule has 6 nitrogen and oxygen atoms in total. The van der Waals surface area contributed by atoms with Crippen molar-refractivity contribution in [3.8, 4) is 11.4 Å². The van der Waals surface area contributed by atoms with Gasteiger partial charge in [0, 0.05) is 5.92 Å². The van der Waals surface area contributed by atoms with E-state index in [-0.39, 0.29) is 12.4 Å². The van der Waals surface area contributed by atoms with Gasteiger partial charge in [-0.15, -0.1) is 0 Å². The van der Waals surface area contributed by atoms with Gasteiger partial charge < -0.3 is 9.47 Å². The number of methoxy groups -OCH3 is 1. The first kappa shape index (κ1) is 18.0. The highest BCUT2D eigenvalue weighted by atomic mass is 16.5. The van der Waals surface area contributed by atoms with Crippen molar-refractivity contribution < 1.29 is 19.1 Å². The Morgan fingerprint density at radius 1 is 1.07 bits per heavy atom. The summed E-state index contributed by atoms with van der Waals surface area (Å²) in [5.74, 6) is -0.0499. The summed E-state index contributed by atoms with van der Waals surface area (Å²) in [6, 6.07) is 18.0. The van der Waals surface area contributed by atoms with E-state index in [1.807, 2.05) is 30.3 Å². The number of esters is 1. The van der Waals surface area contributed by atoms with Crippen LogP contribution < -0.4 is 4.74 Å². The molecule has 0 saturated heterocycles. The molecule has 0 spiro atoms. The average molecular weight is 376 g/mol. The fourth-order valence-corrected chi connectivity index (χ4v) is 3.05. The lowest BCUT2D eigenvalue weighted by molar-refractivity contribution is 0.0465. The van der Waals surface area contributed by atoms with Gasteiger partial charge >= 0.3 is 5.97 Å². The highest BCUT2D eigenvalue weighted by molar-refractivity contribution is 6.01. The van der Waals surface area contributed by atoms with E-state index in [1.54, 1.807) is 35.0 Å². The molecule has 1 aliphatic rings. The summed E-state index contributed by atoms with van der Waals surface area (Å²) in [4.78, 5) is 25.2. The number of rotatable bonds is 7. The predicted molar refractivity (Wildman–Crippen MR) is 103 cm³/mol. The van der Waals surface area contributed by atoms with Crippen molar-refractivity contribution >= 4 is 11.8 Å². The lowest BCUT2D eigenvalue weighted by Crippen LogP contribution is -2.17. The van der Waals surface area contributed by atoms with Gasteiger partial charge in [0.2, 0.25) is 5.78 Å². The number of benzene rings is 2. The van der Waals surface area contributed by atoms with Crippen LogP contribution in [-0.2, 0) is 4.74 Å². The molecule has 6 heteroatoms. The zero-order valence-electron chi connectivity index (χ0n) is 15.5. The van der Waals surface area contributed by atoms with E-state index in [1.165, 1.54) is 7.11 Å². The molecule has 0 atom stereocenters.